The summed E-state index contributed by atoms with van der Waals surface area (Å²) in [5.41, 5.74) is 2.24. The molecule has 0 spiro atoms. The van der Waals surface area contributed by atoms with Crippen molar-refractivity contribution >= 4 is 27.4 Å². The first-order valence-corrected chi connectivity index (χ1v) is 7.96. The minimum Gasteiger partial charge on any atom is -0.368 e. The lowest BCUT2D eigenvalue weighted by Crippen LogP contribution is -2.47. The fourth-order valence-electron chi connectivity index (χ4n) is 2.66. The van der Waals surface area contributed by atoms with Crippen molar-refractivity contribution < 1.29 is 0 Å². The van der Waals surface area contributed by atoms with Crippen LogP contribution in [0.2, 0.25) is 0 Å². The Kier molecular flexibility index (Phi) is 4.25. The van der Waals surface area contributed by atoms with Gasteiger partial charge in [0.25, 0.3) is 0 Å². The molecule has 22 heavy (non-hydrogen) atoms. The van der Waals surface area contributed by atoms with Crippen LogP contribution in [0, 0.1) is 18.3 Å². The van der Waals surface area contributed by atoms with Crippen molar-refractivity contribution in [2.45, 2.75) is 6.92 Å². The van der Waals surface area contributed by atoms with Gasteiger partial charge in [-0.1, -0.05) is 22.0 Å². The maximum atomic E-state index is 8.96. The predicted octanol–water partition coefficient (Wildman–Crippen LogP) is 2.75. The molecule has 0 N–H and O–H groups in total. The Bertz CT molecular complexity index is 717. The highest BCUT2D eigenvalue weighted by molar-refractivity contribution is 9.10. The third-order valence-electron chi connectivity index (χ3n) is 3.80. The standard InChI is InChI=1S/C16H16BrN5/c1-12-11-19-15(10-18)20-16(12)22-7-5-21(6-8-22)14-4-2-3-13(17)9-14/h2-4,9,11H,5-8H2,1H3. The number of rotatable bonds is 2. The van der Waals surface area contributed by atoms with E-state index in [1.165, 1.54) is 5.69 Å². The summed E-state index contributed by atoms with van der Waals surface area (Å²) >= 11 is 3.52. The molecule has 112 valence electrons. The minimum absolute atomic E-state index is 0.231. The van der Waals surface area contributed by atoms with E-state index in [1.807, 2.05) is 19.1 Å². The van der Waals surface area contributed by atoms with Crippen molar-refractivity contribution in [3.63, 3.8) is 0 Å². The zero-order valence-corrected chi connectivity index (χ0v) is 13.9. The largest absolute Gasteiger partial charge is 0.368 e. The quantitative estimate of drug-likeness (QED) is 0.826. The molecule has 2 aromatic rings. The number of aryl methyl sites for hydroxylation is 1. The van der Waals surface area contributed by atoms with Crippen LogP contribution in [0.4, 0.5) is 11.5 Å². The van der Waals surface area contributed by atoms with E-state index in [-0.39, 0.29) is 5.82 Å². The molecule has 3 rings (SSSR count). The summed E-state index contributed by atoms with van der Waals surface area (Å²) in [7, 11) is 0. The molecule has 0 saturated carbocycles. The molecule has 2 heterocycles. The van der Waals surface area contributed by atoms with Crippen molar-refractivity contribution in [2.24, 2.45) is 0 Å². The van der Waals surface area contributed by atoms with Gasteiger partial charge >= 0.3 is 0 Å². The Morgan fingerprint density at radius 1 is 1.18 bits per heavy atom. The molecular weight excluding hydrogens is 342 g/mol. The van der Waals surface area contributed by atoms with Crippen LogP contribution in [0.5, 0.6) is 0 Å². The Balaban J connectivity index is 1.73. The Labute approximate surface area is 138 Å². The zero-order chi connectivity index (χ0) is 15.5. The Hall–Kier alpha value is -2.13. The van der Waals surface area contributed by atoms with Gasteiger partial charge in [0.05, 0.1) is 0 Å². The van der Waals surface area contributed by atoms with Crippen molar-refractivity contribution in [1.29, 1.82) is 5.26 Å². The van der Waals surface area contributed by atoms with Crippen molar-refractivity contribution in [2.75, 3.05) is 36.0 Å². The number of nitrogens with zero attached hydrogens (tertiary/aromatic N) is 5. The van der Waals surface area contributed by atoms with Crippen LogP contribution in [0.25, 0.3) is 0 Å². The van der Waals surface area contributed by atoms with E-state index in [1.54, 1.807) is 6.20 Å². The molecule has 0 bridgehead atoms. The topological polar surface area (TPSA) is 56.1 Å². The zero-order valence-electron chi connectivity index (χ0n) is 12.3. The number of benzene rings is 1. The van der Waals surface area contributed by atoms with Crippen molar-refractivity contribution in [1.82, 2.24) is 9.97 Å². The fraction of sp³-hybridized carbons (Fsp3) is 0.312. The van der Waals surface area contributed by atoms with Gasteiger partial charge in [0.2, 0.25) is 5.82 Å². The molecule has 0 aliphatic carbocycles. The first-order valence-electron chi connectivity index (χ1n) is 7.16. The number of piperazine rings is 1. The second-order valence-corrected chi connectivity index (χ2v) is 6.18. The molecule has 1 aliphatic rings. The van der Waals surface area contributed by atoms with Crippen LogP contribution in [0.1, 0.15) is 11.4 Å². The van der Waals surface area contributed by atoms with Gasteiger partial charge in [-0.15, -0.1) is 0 Å². The van der Waals surface area contributed by atoms with E-state index < -0.39 is 0 Å². The summed E-state index contributed by atoms with van der Waals surface area (Å²) in [5, 5.41) is 8.96. The highest BCUT2D eigenvalue weighted by Crippen LogP contribution is 2.23. The maximum Gasteiger partial charge on any atom is 0.234 e. The van der Waals surface area contributed by atoms with E-state index in [9.17, 15) is 0 Å². The molecular formula is C16H16BrN5. The molecule has 1 aromatic heterocycles. The number of hydrogen-bond donors (Lipinski definition) is 0. The Morgan fingerprint density at radius 3 is 2.59 bits per heavy atom. The van der Waals surface area contributed by atoms with Gasteiger partial charge in [0, 0.05) is 48.1 Å². The van der Waals surface area contributed by atoms with Gasteiger partial charge in [0.1, 0.15) is 11.9 Å². The van der Waals surface area contributed by atoms with Crippen LogP contribution in [-0.2, 0) is 0 Å². The minimum atomic E-state index is 0.231. The summed E-state index contributed by atoms with van der Waals surface area (Å²) in [5.74, 6) is 1.11. The summed E-state index contributed by atoms with van der Waals surface area (Å²) in [6.07, 6.45) is 1.72. The highest BCUT2D eigenvalue weighted by atomic mass is 79.9. The predicted molar refractivity (Wildman–Crippen MR) is 90.1 cm³/mol. The average molecular weight is 358 g/mol. The number of hydrogen-bond acceptors (Lipinski definition) is 5. The lowest BCUT2D eigenvalue weighted by atomic mass is 10.2. The number of halogens is 1. The van der Waals surface area contributed by atoms with Gasteiger partial charge in [-0.05, 0) is 25.1 Å². The maximum absolute atomic E-state index is 8.96. The first kappa shape index (κ1) is 14.8. The number of aromatic nitrogens is 2. The normalized spacial score (nSPS) is 14.8. The number of nitriles is 1. The van der Waals surface area contributed by atoms with Crippen molar-refractivity contribution in [3.05, 3.63) is 46.3 Å². The third kappa shape index (κ3) is 3.04. The van der Waals surface area contributed by atoms with Crippen LogP contribution >= 0.6 is 15.9 Å². The molecule has 1 saturated heterocycles. The monoisotopic (exact) mass is 357 g/mol. The second-order valence-electron chi connectivity index (χ2n) is 5.27. The van der Waals surface area contributed by atoms with Gasteiger partial charge in [-0.3, -0.25) is 0 Å². The smallest absolute Gasteiger partial charge is 0.234 e. The second kappa shape index (κ2) is 6.32. The highest BCUT2D eigenvalue weighted by Gasteiger charge is 2.20. The van der Waals surface area contributed by atoms with Crippen LogP contribution < -0.4 is 9.80 Å². The molecule has 1 aromatic carbocycles. The summed E-state index contributed by atoms with van der Waals surface area (Å²) in [4.78, 5) is 13.0. The molecule has 0 atom stereocenters. The lowest BCUT2D eigenvalue weighted by molar-refractivity contribution is 0.644. The van der Waals surface area contributed by atoms with E-state index in [0.29, 0.717) is 0 Å². The molecule has 0 radical (unpaired) electrons. The molecule has 6 heteroatoms. The summed E-state index contributed by atoms with van der Waals surface area (Å²) < 4.78 is 1.10. The summed E-state index contributed by atoms with van der Waals surface area (Å²) in [6.45, 7) is 5.62. The summed E-state index contributed by atoms with van der Waals surface area (Å²) in [6, 6.07) is 10.4. The third-order valence-corrected chi connectivity index (χ3v) is 4.29. The average Bonchev–Trinajstić information content (AvgIpc) is 2.55. The van der Waals surface area contributed by atoms with Gasteiger partial charge in [0.15, 0.2) is 0 Å². The van der Waals surface area contributed by atoms with E-state index >= 15 is 0 Å². The van der Waals surface area contributed by atoms with Crippen LogP contribution in [0.15, 0.2) is 34.9 Å². The molecule has 5 nitrogen and oxygen atoms in total. The van der Waals surface area contributed by atoms with E-state index in [0.717, 1.165) is 42.0 Å². The van der Waals surface area contributed by atoms with E-state index in [2.05, 4.69) is 53.9 Å². The van der Waals surface area contributed by atoms with Crippen molar-refractivity contribution in [3.8, 4) is 6.07 Å². The molecule has 0 amide bonds. The van der Waals surface area contributed by atoms with E-state index in [4.69, 9.17) is 5.26 Å². The number of anilines is 2. The van der Waals surface area contributed by atoms with Crippen LogP contribution in [-0.4, -0.2) is 36.1 Å². The first-order chi connectivity index (χ1) is 10.7. The van der Waals surface area contributed by atoms with Crippen LogP contribution in [0.3, 0.4) is 0 Å². The fourth-order valence-corrected chi connectivity index (χ4v) is 3.04. The lowest BCUT2D eigenvalue weighted by Gasteiger charge is -2.37. The van der Waals surface area contributed by atoms with Gasteiger partial charge in [-0.2, -0.15) is 5.26 Å². The Morgan fingerprint density at radius 2 is 1.91 bits per heavy atom. The van der Waals surface area contributed by atoms with Gasteiger partial charge < -0.3 is 9.80 Å². The molecule has 1 aliphatic heterocycles. The SMILES string of the molecule is Cc1cnc(C#N)nc1N1CCN(c2cccc(Br)c2)CC1. The van der Waals surface area contributed by atoms with Gasteiger partial charge in [-0.25, -0.2) is 9.97 Å². The molecule has 0 unspecified atom stereocenters. The molecule has 1 fully saturated rings.